The summed E-state index contributed by atoms with van der Waals surface area (Å²) in [5, 5.41) is 0. The summed E-state index contributed by atoms with van der Waals surface area (Å²) in [5.41, 5.74) is 7.82. The Kier molecular flexibility index (Phi) is 4.71. The second-order valence-corrected chi connectivity index (χ2v) is 4.45. The lowest BCUT2D eigenvalue weighted by Crippen LogP contribution is -2.28. The molecule has 1 unspecified atom stereocenters. The van der Waals surface area contributed by atoms with E-state index in [1.165, 1.54) is 0 Å². The lowest BCUT2D eigenvalue weighted by atomic mass is 10.2. The molecular formula is C12H22N4. The van der Waals surface area contributed by atoms with Gasteiger partial charge in [0.2, 0.25) is 0 Å². The van der Waals surface area contributed by atoms with Crippen LogP contribution in [0.15, 0.2) is 18.3 Å². The molecule has 0 saturated heterocycles. The average molecular weight is 222 g/mol. The van der Waals surface area contributed by atoms with Crippen LogP contribution in [0.4, 0.5) is 5.69 Å². The highest BCUT2D eigenvalue weighted by molar-refractivity contribution is 5.43. The number of pyridine rings is 1. The number of rotatable bonds is 5. The summed E-state index contributed by atoms with van der Waals surface area (Å²) in [6, 6.07) is 4.06. The first kappa shape index (κ1) is 12.9. The summed E-state index contributed by atoms with van der Waals surface area (Å²) >= 11 is 0. The summed E-state index contributed by atoms with van der Waals surface area (Å²) in [4.78, 5) is 8.71. The molecule has 4 nitrogen and oxygen atoms in total. The van der Waals surface area contributed by atoms with E-state index in [0.717, 1.165) is 24.5 Å². The van der Waals surface area contributed by atoms with Gasteiger partial charge in [0.15, 0.2) is 0 Å². The summed E-state index contributed by atoms with van der Waals surface area (Å²) in [6.45, 7) is 3.97. The third-order valence-corrected chi connectivity index (χ3v) is 2.56. The molecule has 0 aliphatic carbocycles. The van der Waals surface area contributed by atoms with Crippen molar-refractivity contribution in [2.45, 2.75) is 13.0 Å². The largest absolute Gasteiger partial charge is 0.372 e. The Bertz CT molecular complexity index is 305. The summed E-state index contributed by atoms with van der Waals surface area (Å²) in [5.74, 6) is 0. The van der Waals surface area contributed by atoms with Crippen LogP contribution >= 0.6 is 0 Å². The maximum absolute atomic E-state index is 5.76. The highest BCUT2D eigenvalue weighted by Gasteiger charge is 2.04. The minimum absolute atomic E-state index is 0.00105. The summed E-state index contributed by atoms with van der Waals surface area (Å²) in [7, 11) is 6.22. The lowest BCUT2D eigenvalue weighted by Gasteiger charge is -2.21. The number of nitrogens with two attached hydrogens (primary N) is 1. The normalized spacial score (nSPS) is 12.9. The fourth-order valence-corrected chi connectivity index (χ4v) is 1.37. The van der Waals surface area contributed by atoms with Crippen molar-refractivity contribution in [2.24, 2.45) is 5.73 Å². The van der Waals surface area contributed by atoms with Crippen molar-refractivity contribution >= 4 is 5.69 Å². The molecule has 0 fully saturated rings. The molecule has 1 aromatic heterocycles. The van der Waals surface area contributed by atoms with Gasteiger partial charge in [-0.15, -0.1) is 0 Å². The Morgan fingerprint density at radius 3 is 2.38 bits per heavy atom. The first-order valence-corrected chi connectivity index (χ1v) is 5.58. The van der Waals surface area contributed by atoms with Crippen molar-refractivity contribution < 1.29 is 0 Å². The summed E-state index contributed by atoms with van der Waals surface area (Å²) < 4.78 is 0. The van der Waals surface area contributed by atoms with Gasteiger partial charge in [-0.2, -0.15) is 0 Å². The average Bonchev–Trinajstić information content (AvgIpc) is 2.26. The molecule has 4 heteroatoms. The molecule has 0 aliphatic rings. The highest BCUT2D eigenvalue weighted by atomic mass is 15.2. The first-order chi connectivity index (χ1) is 7.50. The number of aromatic nitrogens is 1. The van der Waals surface area contributed by atoms with E-state index in [1.54, 1.807) is 0 Å². The minimum Gasteiger partial charge on any atom is -0.372 e. The van der Waals surface area contributed by atoms with Gasteiger partial charge in [-0.25, -0.2) is 0 Å². The standard InChI is InChI=1S/C12H22N4/c1-10(13)12-6-5-11(9-14-12)16(4)8-7-15(2)3/h5-6,9-10H,7-8,13H2,1-4H3. The molecule has 0 radical (unpaired) electrons. The van der Waals surface area contributed by atoms with E-state index in [-0.39, 0.29) is 6.04 Å². The molecule has 0 aromatic carbocycles. The van der Waals surface area contributed by atoms with Gasteiger partial charge in [0.05, 0.1) is 17.6 Å². The monoisotopic (exact) mass is 222 g/mol. The Morgan fingerprint density at radius 2 is 1.94 bits per heavy atom. The first-order valence-electron chi connectivity index (χ1n) is 5.58. The molecule has 1 atom stereocenters. The fourth-order valence-electron chi connectivity index (χ4n) is 1.37. The highest BCUT2D eigenvalue weighted by Crippen LogP contribution is 2.13. The van der Waals surface area contributed by atoms with Crippen LogP contribution in [0.5, 0.6) is 0 Å². The van der Waals surface area contributed by atoms with Crippen molar-refractivity contribution in [3.63, 3.8) is 0 Å². The minimum atomic E-state index is 0.00105. The zero-order chi connectivity index (χ0) is 12.1. The van der Waals surface area contributed by atoms with Gasteiger partial charge in [-0.3, -0.25) is 4.98 Å². The van der Waals surface area contributed by atoms with Gasteiger partial charge < -0.3 is 15.5 Å². The van der Waals surface area contributed by atoms with Gasteiger partial charge in [0.25, 0.3) is 0 Å². The number of hydrogen-bond acceptors (Lipinski definition) is 4. The van der Waals surface area contributed by atoms with Crippen LogP contribution in [0.1, 0.15) is 18.7 Å². The van der Waals surface area contributed by atoms with Crippen molar-refractivity contribution in [3.8, 4) is 0 Å². The predicted octanol–water partition coefficient (Wildman–Crippen LogP) is 1.10. The third kappa shape index (κ3) is 3.79. The van der Waals surface area contributed by atoms with Crippen molar-refractivity contribution in [2.75, 3.05) is 39.1 Å². The lowest BCUT2D eigenvalue weighted by molar-refractivity contribution is 0.416. The Balaban J connectivity index is 2.59. The van der Waals surface area contributed by atoms with Crippen LogP contribution < -0.4 is 10.6 Å². The van der Waals surface area contributed by atoms with Gasteiger partial charge in [-0.1, -0.05) is 0 Å². The number of nitrogens with zero attached hydrogens (tertiary/aromatic N) is 3. The number of likely N-dealkylation sites (N-methyl/N-ethyl adjacent to an activating group) is 2. The molecule has 0 amide bonds. The fraction of sp³-hybridized carbons (Fsp3) is 0.583. The van der Waals surface area contributed by atoms with Crippen LogP contribution in [0, 0.1) is 0 Å². The third-order valence-electron chi connectivity index (χ3n) is 2.56. The van der Waals surface area contributed by atoms with Crippen molar-refractivity contribution in [3.05, 3.63) is 24.0 Å². The number of anilines is 1. The van der Waals surface area contributed by atoms with E-state index in [4.69, 9.17) is 5.73 Å². The smallest absolute Gasteiger partial charge is 0.0569 e. The van der Waals surface area contributed by atoms with Crippen LogP contribution in [-0.2, 0) is 0 Å². The van der Waals surface area contributed by atoms with Gasteiger partial charge in [0, 0.05) is 26.2 Å². The molecular weight excluding hydrogens is 200 g/mol. The van der Waals surface area contributed by atoms with E-state index in [0.29, 0.717) is 0 Å². The molecule has 0 spiro atoms. The summed E-state index contributed by atoms with van der Waals surface area (Å²) in [6.07, 6.45) is 1.88. The zero-order valence-electron chi connectivity index (χ0n) is 10.6. The zero-order valence-corrected chi connectivity index (χ0v) is 10.6. The number of hydrogen-bond donors (Lipinski definition) is 1. The van der Waals surface area contributed by atoms with E-state index < -0.39 is 0 Å². The molecule has 1 aromatic rings. The Labute approximate surface area is 98.1 Å². The van der Waals surface area contributed by atoms with Crippen molar-refractivity contribution in [1.82, 2.24) is 9.88 Å². The Morgan fingerprint density at radius 1 is 1.25 bits per heavy atom. The van der Waals surface area contributed by atoms with Gasteiger partial charge >= 0.3 is 0 Å². The second-order valence-electron chi connectivity index (χ2n) is 4.45. The molecule has 1 rings (SSSR count). The molecule has 1 heterocycles. The Hall–Kier alpha value is -1.13. The molecule has 0 bridgehead atoms. The maximum Gasteiger partial charge on any atom is 0.0569 e. The molecule has 90 valence electrons. The molecule has 0 aliphatic heterocycles. The van der Waals surface area contributed by atoms with E-state index in [2.05, 4.69) is 42.0 Å². The van der Waals surface area contributed by atoms with Gasteiger partial charge in [-0.05, 0) is 33.2 Å². The van der Waals surface area contributed by atoms with Gasteiger partial charge in [0.1, 0.15) is 0 Å². The van der Waals surface area contributed by atoms with E-state index in [9.17, 15) is 0 Å². The van der Waals surface area contributed by atoms with Crippen molar-refractivity contribution in [1.29, 1.82) is 0 Å². The van der Waals surface area contributed by atoms with Crippen LogP contribution in [-0.4, -0.2) is 44.1 Å². The second kappa shape index (κ2) is 5.82. The topological polar surface area (TPSA) is 45.4 Å². The SMILES string of the molecule is CC(N)c1ccc(N(C)CCN(C)C)cn1. The molecule has 2 N–H and O–H groups in total. The van der Waals surface area contributed by atoms with E-state index >= 15 is 0 Å². The molecule has 16 heavy (non-hydrogen) atoms. The molecule has 0 saturated carbocycles. The van der Waals surface area contributed by atoms with Crippen LogP contribution in [0.25, 0.3) is 0 Å². The maximum atomic E-state index is 5.76. The van der Waals surface area contributed by atoms with Crippen LogP contribution in [0.2, 0.25) is 0 Å². The van der Waals surface area contributed by atoms with Crippen LogP contribution in [0.3, 0.4) is 0 Å². The predicted molar refractivity (Wildman–Crippen MR) is 68.7 cm³/mol. The quantitative estimate of drug-likeness (QED) is 0.810. The van der Waals surface area contributed by atoms with E-state index in [1.807, 2.05) is 19.2 Å².